The van der Waals surface area contributed by atoms with E-state index in [0.717, 1.165) is 0 Å². The Morgan fingerprint density at radius 3 is 3.00 bits per heavy atom. The Bertz CT molecular complexity index is 347. The van der Waals surface area contributed by atoms with Crippen molar-refractivity contribution in [2.75, 3.05) is 6.54 Å². The number of aryl methyl sites for hydroxylation is 1. The molecular weight excluding hydrogens is 200 g/mol. The number of carbonyl (C=O) groups is 1. The molecule has 1 amide bonds. The molecule has 76 valence electrons. The van der Waals surface area contributed by atoms with E-state index >= 15 is 0 Å². The SMILES string of the molecule is Cn1cncc1C(=O)NCCC(N)=S. The number of aromatic nitrogens is 2. The highest BCUT2D eigenvalue weighted by molar-refractivity contribution is 7.80. The van der Waals surface area contributed by atoms with Crippen molar-refractivity contribution in [1.82, 2.24) is 14.9 Å². The van der Waals surface area contributed by atoms with Crippen molar-refractivity contribution in [1.29, 1.82) is 0 Å². The van der Waals surface area contributed by atoms with E-state index in [9.17, 15) is 4.79 Å². The van der Waals surface area contributed by atoms with Gasteiger partial charge in [-0.15, -0.1) is 0 Å². The smallest absolute Gasteiger partial charge is 0.269 e. The third kappa shape index (κ3) is 2.81. The van der Waals surface area contributed by atoms with Crippen LogP contribution in [0.4, 0.5) is 0 Å². The molecule has 1 aromatic rings. The maximum absolute atomic E-state index is 11.5. The van der Waals surface area contributed by atoms with Crippen LogP contribution in [0.2, 0.25) is 0 Å². The first kappa shape index (κ1) is 10.6. The predicted octanol–water partition coefficient (Wildman–Crippen LogP) is -0.174. The average Bonchev–Trinajstić information content (AvgIpc) is 2.50. The van der Waals surface area contributed by atoms with Gasteiger partial charge >= 0.3 is 0 Å². The highest BCUT2D eigenvalue weighted by Gasteiger charge is 2.08. The van der Waals surface area contributed by atoms with Crippen molar-refractivity contribution >= 4 is 23.1 Å². The highest BCUT2D eigenvalue weighted by Crippen LogP contribution is 1.95. The Balaban J connectivity index is 2.44. The summed E-state index contributed by atoms with van der Waals surface area (Å²) in [6.07, 6.45) is 3.59. The number of amides is 1. The Morgan fingerprint density at radius 1 is 1.79 bits per heavy atom. The lowest BCUT2D eigenvalue weighted by atomic mass is 10.4. The molecule has 0 radical (unpaired) electrons. The Morgan fingerprint density at radius 2 is 2.50 bits per heavy atom. The number of hydrogen-bond donors (Lipinski definition) is 2. The van der Waals surface area contributed by atoms with Gasteiger partial charge in [-0.2, -0.15) is 0 Å². The number of nitrogens with two attached hydrogens (primary N) is 1. The van der Waals surface area contributed by atoms with Gasteiger partial charge in [0.2, 0.25) is 0 Å². The summed E-state index contributed by atoms with van der Waals surface area (Å²) < 4.78 is 1.65. The molecule has 0 spiro atoms. The first-order chi connectivity index (χ1) is 6.61. The van der Waals surface area contributed by atoms with Crippen LogP contribution in [0.1, 0.15) is 16.9 Å². The summed E-state index contributed by atoms with van der Waals surface area (Å²) >= 11 is 4.68. The first-order valence-corrected chi connectivity index (χ1v) is 4.55. The summed E-state index contributed by atoms with van der Waals surface area (Å²) in [5.74, 6) is -0.166. The maximum atomic E-state index is 11.5. The van der Waals surface area contributed by atoms with E-state index in [0.29, 0.717) is 23.6 Å². The van der Waals surface area contributed by atoms with Crippen LogP contribution in [0.15, 0.2) is 12.5 Å². The molecule has 0 saturated carbocycles. The monoisotopic (exact) mass is 212 g/mol. The largest absolute Gasteiger partial charge is 0.393 e. The van der Waals surface area contributed by atoms with Gasteiger partial charge in [0.1, 0.15) is 5.69 Å². The van der Waals surface area contributed by atoms with Gasteiger partial charge < -0.3 is 15.6 Å². The van der Waals surface area contributed by atoms with E-state index in [1.165, 1.54) is 6.20 Å². The lowest BCUT2D eigenvalue weighted by Gasteiger charge is -2.04. The zero-order chi connectivity index (χ0) is 10.6. The minimum Gasteiger partial charge on any atom is -0.393 e. The van der Waals surface area contributed by atoms with Gasteiger partial charge in [0.25, 0.3) is 5.91 Å². The fraction of sp³-hybridized carbons (Fsp3) is 0.375. The van der Waals surface area contributed by atoms with E-state index in [2.05, 4.69) is 22.5 Å². The lowest BCUT2D eigenvalue weighted by molar-refractivity contribution is 0.0946. The van der Waals surface area contributed by atoms with Crippen molar-refractivity contribution in [3.8, 4) is 0 Å². The normalized spacial score (nSPS) is 9.79. The van der Waals surface area contributed by atoms with Crippen LogP contribution in [0.3, 0.4) is 0 Å². The molecule has 1 rings (SSSR count). The van der Waals surface area contributed by atoms with E-state index in [4.69, 9.17) is 5.73 Å². The molecule has 6 heteroatoms. The topological polar surface area (TPSA) is 72.9 Å². The van der Waals surface area contributed by atoms with Crippen molar-refractivity contribution in [2.45, 2.75) is 6.42 Å². The summed E-state index contributed by atoms with van der Waals surface area (Å²) in [5, 5.41) is 2.69. The van der Waals surface area contributed by atoms with Crippen LogP contribution >= 0.6 is 12.2 Å². The highest BCUT2D eigenvalue weighted by atomic mass is 32.1. The second kappa shape index (κ2) is 4.71. The molecule has 0 aliphatic carbocycles. The van der Waals surface area contributed by atoms with Crippen LogP contribution in [0.25, 0.3) is 0 Å². The number of carbonyl (C=O) groups excluding carboxylic acids is 1. The van der Waals surface area contributed by atoms with E-state index in [-0.39, 0.29) is 5.91 Å². The van der Waals surface area contributed by atoms with Gasteiger partial charge in [-0.05, 0) is 0 Å². The Labute approximate surface area is 87.3 Å². The van der Waals surface area contributed by atoms with Gasteiger partial charge in [0.15, 0.2) is 0 Å². The fourth-order valence-electron chi connectivity index (χ4n) is 0.966. The van der Waals surface area contributed by atoms with E-state index < -0.39 is 0 Å². The van der Waals surface area contributed by atoms with Crippen molar-refractivity contribution in [3.63, 3.8) is 0 Å². The molecule has 0 atom stereocenters. The van der Waals surface area contributed by atoms with E-state index in [1.54, 1.807) is 17.9 Å². The van der Waals surface area contributed by atoms with Crippen molar-refractivity contribution < 1.29 is 4.79 Å². The average molecular weight is 212 g/mol. The maximum Gasteiger partial charge on any atom is 0.269 e. The molecule has 5 nitrogen and oxygen atoms in total. The minimum absolute atomic E-state index is 0.166. The summed E-state index contributed by atoms with van der Waals surface area (Å²) in [5.41, 5.74) is 5.81. The third-order valence-electron chi connectivity index (χ3n) is 1.71. The number of hydrogen-bond acceptors (Lipinski definition) is 3. The molecule has 0 fully saturated rings. The standard InChI is InChI=1S/C8H12N4OS/c1-12-5-10-4-6(12)8(13)11-3-2-7(9)14/h4-5H,2-3H2,1H3,(H2,9,14)(H,11,13). The quantitative estimate of drug-likeness (QED) is 0.679. The minimum atomic E-state index is -0.166. The van der Waals surface area contributed by atoms with E-state index in [1.807, 2.05) is 0 Å². The second-order valence-corrected chi connectivity index (χ2v) is 3.39. The number of rotatable bonds is 4. The zero-order valence-corrected chi connectivity index (χ0v) is 8.67. The zero-order valence-electron chi connectivity index (χ0n) is 7.86. The summed E-state index contributed by atoms with van der Waals surface area (Å²) in [6, 6.07) is 0. The number of nitrogens with one attached hydrogen (secondary N) is 1. The van der Waals surface area contributed by atoms with Crippen LogP contribution in [-0.4, -0.2) is 27.0 Å². The van der Waals surface area contributed by atoms with Gasteiger partial charge in [0.05, 0.1) is 17.5 Å². The van der Waals surface area contributed by atoms with Crippen molar-refractivity contribution in [2.24, 2.45) is 12.8 Å². The molecule has 0 aromatic carbocycles. The molecule has 0 aliphatic heterocycles. The van der Waals surface area contributed by atoms with Gasteiger partial charge in [-0.1, -0.05) is 12.2 Å². The van der Waals surface area contributed by atoms with Crippen LogP contribution < -0.4 is 11.1 Å². The summed E-state index contributed by atoms with van der Waals surface area (Å²) in [6.45, 7) is 0.458. The number of imidazole rings is 1. The number of nitrogens with zero attached hydrogens (tertiary/aromatic N) is 2. The number of thiocarbonyl (C=S) groups is 1. The van der Waals surface area contributed by atoms with Crippen LogP contribution in [-0.2, 0) is 7.05 Å². The van der Waals surface area contributed by atoms with Gasteiger partial charge in [-0.3, -0.25) is 4.79 Å². The molecule has 0 saturated heterocycles. The van der Waals surface area contributed by atoms with Crippen molar-refractivity contribution in [3.05, 3.63) is 18.2 Å². The fourth-order valence-corrected chi connectivity index (χ4v) is 1.07. The molecule has 14 heavy (non-hydrogen) atoms. The molecule has 0 unspecified atom stereocenters. The summed E-state index contributed by atoms with van der Waals surface area (Å²) in [4.78, 5) is 15.7. The summed E-state index contributed by atoms with van der Waals surface area (Å²) in [7, 11) is 1.76. The lowest BCUT2D eigenvalue weighted by Crippen LogP contribution is -2.28. The molecular formula is C8H12N4OS. The molecule has 1 heterocycles. The molecule has 1 aromatic heterocycles. The second-order valence-electron chi connectivity index (χ2n) is 2.86. The van der Waals surface area contributed by atoms with Crippen LogP contribution in [0.5, 0.6) is 0 Å². The third-order valence-corrected chi connectivity index (χ3v) is 1.91. The molecule has 0 aliphatic rings. The van der Waals surface area contributed by atoms with Gasteiger partial charge in [0, 0.05) is 20.0 Å². The Kier molecular flexibility index (Phi) is 3.58. The Hall–Kier alpha value is -1.43. The molecule has 3 N–H and O–H groups in total. The molecule has 0 bridgehead atoms. The predicted molar refractivity (Wildman–Crippen MR) is 56.9 cm³/mol. The van der Waals surface area contributed by atoms with Gasteiger partial charge in [-0.25, -0.2) is 4.98 Å². The first-order valence-electron chi connectivity index (χ1n) is 4.14. The van der Waals surface area contributed by atoms with Crippen LogP contribution in [0, 0.1) is 0 Å².